The van der Waals surface area contributed by atoms with Crippen LogP contribution in [0.2, 0.25) is 0 Å². The number of aromatic nitrogens is 3. The van der Waals surface area contributed by atoms with Gasteiger partial charge in [0.05, 0.1) is 6.61 Å². The molecular weight excluding hydrogens is 284 g/mol. The maximum absolute atomic E-state index is 5.36. The third-order valence-corrected chi connectivity index (χ3v) is 3.72. The van der Waals surface area contributed by atoms with Crippen LogP contribution < -0.4 is 10.1 Å². The molecule has 21 heavy (non-hydrogen) atoms. The van der Waals surface area contributed by atoms with Crippen molar-refractivity contribution >= 4 is 17.7 Å². The van der Waals surface area contributed by atoms with Crippen molar-refractivity contribution in [1.29, 1.82) is 0 Å². The van der Waals surface area contributed by atoms with E-state index in [-0.39, 0.29) is 0 Å². The minimum atomic E-state index is 0.346. The van der Waals surface area contributed by atoms with E-state index in [9.17, 15) is 0 Å². The van der Waals surface area contributed by atoms with Gasteiger partial charge in [-0.3, -0.25) is 0 Å². The Labute approximate surface area is 129 Å². The molecule has 0 amide bonds. The van der Waals surface area contributed by atoms with Crippen LogP contribution in [0.4, 0.5) is 5.95 Å². The minimum Gasteiger partial charge on any atom is -0.464 e. The number of anilines is 1. The first kappa shape index (κ1) is 15.6. The number of hydrogen-bond acceptors (Lipinski definition) is 6. The molecule has 0 radical (unpaired) electrons. The predicted molar refractivity (Wildman–Crippen MR) is 85.2 cm³/mol. The van der Waals surface area contributed by atoms with E-state index in [2.05, 4.69) is 58.4 Å². The molecule has 0 aliphatic carbocycles. The van der Waals surface area contributed by atoms with Crippen LogP contribution >= 0.6 is 11.8 Å². The fraction of sp³-hybridized carbons (Fsp3) is 0.400. The van der Waals surface area contributed by atoms with Crippen LogP contribution in [0, 0.1) is 0 Å². The fourth-order valence-corrected chi connectivity index (χ4v) is 2.45. The summed E-state index contributed by atoms with van der Waals surface area (Å²) in [7, 11) is 1.77. The topological polar surface area (TPSA) is 59.9 Å². The average Bonchev–Trinajstić information content (AvgIpc) is 2.48. The number of ether oxygens (including phenoxy) is 1. The highest BCUT2D eigenvalue weighted by atomic mass is 32.2. The molecule has 0 saturated heterocycles. The number of nitrogens with zero attached hydrogens (tertiary/aromatic N) is 3. The van der Waals surface area contributed by atoms with Gasteiger partial charge in [0.25, 0.3) is 0 Å². The zero-order chi connectivity index (χ0) is 15.2. The monoisotopic (exact) mass is 304 g/mol. The van der Waals surface area contributed by atoms with Crippen LogP contribution in [0.1, 0.15) is 32.3 Å². The average molecular weight is 304 g/mol. The molecule has 1 aromatic heterocycles. The standard InChI is InChI=1S/C15H20N4OS/c1-5-20-14-17-13(16-4)18-15(19-14)21-12-8-6-11(7-9-12)10(2)3/h6-10H,5H2,1-4H3,(H,16,17,18,19). The lowest BCUT2D eigenvalue weighted by molar-refractivity contribution is 0.308. The lowest BCUT2D eigenvalue weighted by Crippen LogP contribution is -2.04. The van der Waals surface area contributed by atoms with Crippen LogP contribution in [-0.2, 0) is 0 Å². The molecule has 1 aromatic carbocycles. The smallest absolute Gasteiger partial charge is 0.322 e. The first-order chi connectivity index (χ1) is 10.1. The molecule has 5 nitrogen and oxygen atoms in total. The third-order valence-electron chi connectivity index (χ3n) is 2.85. The van der Waals surface area contributed by atoms with Crippen LogP contribution in [0.3, 0.4) is 0 Å². The van der Waals surface area contributed by atoms with Gasteiger partial charge in [0.1, 0.15) is 0 Å². The van der Waals surface area contributed by atoms with E-state index in [4.69, 9.17) is 4.74 Å². The molecule has 0 aliphatic heterocycles. The Hall–Kier alpha value is -1.82. The predicted octanol–water partition coefficient (Wildman–Crippen LogP) is 3.59. The summed E-state index contributed by atoms with van der Waals surface area (Å²) in [6, 6.07) is 8.79. The molecule has 2 aromatic rings. The van der Waals surface area contributed by atoms with Crippen molar-refractivity contribution in [3.63, 3.8) is 0 Å². The van der Waals surface area contributed by atoms with Gasteiger partial charge in [-0.25, -0.2) is 0 Å². The van der Waals surface area contributed by atoms with Gasteiger partial charge in [-0.05, 0) is 42.3 Å². The van der Waals surface area contributed by atoms with E-state index in [0.717, 1.165) is 4.90 Å². The summed E-state index contributed by atoms with van der Waals surface area (Å²) < 4.78 is 5.36. The van der Waals surface area contributed by atoms with Crippen molar-refractivity contribution in [2.45, 2.75) is 36.7 Å². The molecule has 0 spiro atoms. The van der Waals surface area contributed by atoms with Gasteiger partial charge < -0.3 is 10.1 Å². The van der Waals surface area contributed by atoms with Crippen molar-refractivity contribution in [3.8, 4) is 6.01 Å². The van der Waals surface area contributed by atoms with E-state index in [1.807, 2.05) is 6.92 Å². The normalized spacial score (nSPS) is 10.7. The zero-order valence-corrected chi connectivity index (χ0v) is 13.6. The lowest BCUT2D eigenvalue weighted by Gasteiger charge is -2.08. The molecular formula is C15H20N4OS. The minimum absolute atomic E-state index is 0.346. The highest BCUT2D eigenvalue weighted by Gasteiger charge is 2.08. The molecule has 0 bridgehead atoms. The zero-order valence-electron chi connectivity index (χ0n) is 12.8. The molecule has 1 N–H and O–H groups in total. The summed E-state index contributed by atoms with van der Waals surface area (Å²) in [6.45, 7) is 6.80. The molecule has 112 valence electrons. The van der Waals surface area contributed by atoms with Crippen molar-refractivity contribution in [3.05, 3.63) is 29.8 Å². The van der Waals surface area contributed by atoms with Crippen molar-refractivity contribution in [2.24, 2.45) is 0 Å². The Balaban J connectivity index is 2.19. The largest absolute Gasteiger partial charge is 0.464 e. The first-order valence-corrected chi connectivity index (χ1v) is 7.78. The fourth-order valence-electron chi connectivity index (χ4n) is 1.72. The summed E-state index contributed by atoms with van der Waals surface area (Å²) >= 11 is 1.50. The summed E-state index contributed by atoms with van der Waals surface area (Å²) in [6.07, 6.45) is 0. The Morgan fingerprint density at radius 2 is 1.86 bits per heavy atom. The highest BCUT2D eigenvalue weighted by Crippen LogP contribution is 2.27. The van der Waals surface area contributed by atoms with E-state index >= 15 is 0 Å². The SMILES string of the molecule is CCOc1nc(NC)nc(Sc2ccc(C(C)C)cc2)n1. The van der Waals surface area contributed by atoms with E-state index < -0.39 is 0 Å². The second-order valence-electron chi connectivity index (χ2n) is 4.73. The summed E-state index contributed by atoms with van der Waals surface area (Å²) in [5.74, 6) is 1.04. The third kappa shape index (κ3) is 4.32. The molecule has 0 unspecified atom stereocenters. The molecule has 1 heterocycles. The number of rotatable bonds is 6. The first-order valence-electron chi connectivity index (χ1n) is 6.96. The molecule has 0 saturated carbocycles. The van der Waals surface area contributed by atoms with Gasteiger partial charge in [0.2, 0.25) is 11.1 Å². The lowest BCUT2D eigenvalue weighted by atomic mass is 10.0. The van der Waals surface area contributed by atoms with E-state index in [0.29, 0.717) is 29.6 Å². The number of nitrogens with one attached hydrogen (secondary N) is 1. The number of hydrogen-bond donors (Lipinski definition) is 1. The Morgan fingerprint density at radius 3 is 2.43 bits per heavy atom. The Morgan fingerprint density at radius 1 is 1.14 bits per heavy atom. The van der Waals surface area contributed by atoms with Gasteiger partial charge in [-0.2, -0.15) is 15.0 Å². The van der Waals surface area contributed by atoms with E-state index in [1.54, 1.807) is 7.05 Å². The molecule has 0 aliphatic rings. The van der Waals surface area contributed by atoms with Gasteiger partial charge in [-0.1, -0.05) is 26.0 Å². The van der Waals surface area contributed by atoms with Crippen molar-refractivity contribution < 1.29 is 4.74 Å². The van der Waals surface area contributed by atoms with Crippen LogP contribution in [-0.4, -0.2) is 28.6 Å². The maximum atomic E-state index is 5.36. The van der Waals surface area contributed by atoms with Gasteiger partial charge in [-0.15, -0.1) is 0 Å². The number of benzene rings is 1. The molecule has 0 atom stereocenters. The quantitative estimate of drug-likeness (QED) is 0.880. The highest BCUT2D eigenvalue weighted by molar-refractivity contribution is 7.99. The summed E-state index contributed by atoms with van der Waals surface area (Å²) in [5, 5.41) is 3.54. The van der Waals surface area contributed by atoms with Crippen LogP contribution in [0.15, 0.2) is 34.3 Å². The Bertz CT molecular complexity index is 587. The maximum Gasteiger partial charge on any atom is 0.322 e. The van der Waals surface area contributed by atoms with Crippen LogP contribution in [0.5, 0.6) is 6.01 Å². The second-order valence-corrected chi connectivity index (χ2v) is 5.77. The van der Waals surface area contributed by atoms with E-state index in [1.165, 1.54) is 17.3 Å². The second kappa shape index (κ2) is 7.26. The molecule has 0 fully saturated rings. The van der Waals surface area contributed by atoms with Crippen LogP contribution in [0.25, 0.3) is 0 Å². The van der Waals surface area contributed by atoms with Crippen molar-refractivity contribution in [2.75, 3.05) is 19.0 Å². The van der Waals surface area contributed by atoms with Gasteiger partial charge >= 0.3 is 6.01 Å². The Kier molecular flexibility index (Phi) is 5.38. The van der Waals surface area contributed by atoms with Gasteiger partial charge in [0.15, 0.2) is 0 Å². The van der Waals surface area contributed by atoms with Gasteiger partial charge in [0, 0.05) is 11.9 Å². The summed E-state index contributed by atoms with van der Waals surface area (Å²) in [5.41, 5.74) is 1.32. The summed E-state index contributed by atoms with van der Waals surface area (Å²) in [4.78, 5) is 13.9. The van der Waals surface area contributed by atoms with Crippen molar-refractivity contribution in [1.82, 2.24) is 15.0 Å². The molecule has 2 rings (SSSR count). The molecule has 6 heteroatoms.